The standard InChI is InChI=1S/C14H17NO3/c1-10-5-6-11(12(17)13(10)18-2)14(15-9-16)7-3-4-8-14/h5-6,17H,3-4,7-8H2,1-2H3. The number of rotatable bonds is 3. The van der Waals surface area contributed by atoms with Gasteiger partial charge >= 0.3 is 0 Å². The van der Waals surface area contributed by atoms with Crippen LogP contribution in [0.15, 0.2) is 17.1 Å². The topological polar surface area (TPSA) is 58.9 Å². The summed E-state index contributed by atoms with van der Waals surface area (Å²) in [5.41, 5.74) is 0.917. The number of aryl methyl sites for hydroxylation is 1. The molecule has 0 aromatic heterocycles. The largest absolute Gasteiger partial charge is 0.504 e. The van der Waals surface area contributed by atoms with Crippen LogP contribution in [0.1, 0.15) is 36.8 Å². The lowest BCUT2D eigenvalue weighted by Crippen LogP contribution is -2.19. The van der Waals surface area contributed by atoms with E-state index in [4.69, 9.17) is 4.74 Å². The summed E-state index contributed by atoms with van der Waals surface area (Å²) in [6.07, 6.45) is 5.18. The molecular weight excluding hydrogens is 230 g/mol. The fourth-order valence-electron chi connectivity index (χ4n) is 2.79. The van der Waals surface area contributed by atoms with E-state index in [0.29, 0.717) is 11.3 Å². The molecule has 18 heavy (non-hydrogen) atoms. The van der Waals surface area contributed by atoms with Gasteiger partial charge in [0.05, 0.1) is 7.11 Å². The minimum Gasteiger partial charge on any atom is -0.504 e. The highest BCUT2D eigenvalue weighted by atomic mass is 16.5. The Balaban J connectivity index is 2.59. The van der Waals surface area contributed by atoms with Gasteiger partial charge in [0.15, 0.2) is 11.5 Å². The van der Waals surface area contributed by atoms with Crippen LogP contribution in [-0.4, -0.2) is 18.3 Å². The van der Waals surface area contributed by atoms with Gasteiger partial charge in [-0.15, -0.1) is 0 Å². The molecule has 0 saturated heterocycles. The van der Waals surface area contributed by atoms with Crippen LogP contribution in [0.4, 0.5) is 0 Å². The van der Waals surface area contributed by atoms with E-state index in [0.717, 1.165) is 31.2 Å². The fourth-order valence-corrected chi connectivity index (χ4v) is 2.79. The van der Waals surface area contributed by atoms with Crippen molar-refractivity contribution in [3.8, 4) is 11.5 Å². The first-order valence-electron chi connectivity index (χ1n) is 6.11. The summed E-state index contributed by atoms with van der Waals surface area (Å²) in [7, 11) is 1.52. The van der Waals surface area contributed by atoms with Crippen molar-refractivity contribution < 1.29 is 14.6 Å². The number of benzene rings is 1. The summed E-state index contributed by atoms with van der Waals surface area (Å²) in [4.78, 5) is 14.6. The zero-order valence-corrected chi connectivity index (χ0v) is 10.7. The van der Waals surface area contributed by atoms with Crippen LogP contribution in [0.2, 0.25) is 0 Å². The molecule has 2 rings (SSSR count). The van der Waals surface area contributed by atoms with Crippen molar-refractivity contribution in [2.24, 2.45) is 4.99 Å². The number of isocyanates is 1. The third kappa shape index (κ3) is 1.89. The van der Waals surface area contributed by atoms with E-state index in [9.17, 15) is 9.90 Å². The Hall–Kier alpha value is -1.80. The fraction of sp³-hybridized carbons (Fsp3) is 0.500. The maximum atomic E-state index is 10.7. The molecule has 1 N–H and O–H groups in total. The number of ether oxygens (including phenoxy) is 1. The quantitative estimate of drug-likeness (QED) is 0.660. The number of nitrogens with zero attached hydrogens (tertiary/aromatic N) is 1. The second kappa shape index (κ2) is 4.83. The minimum atomic E-state index is -0.618. The molecule has 0 heterocycles. The van der Waals surface area contributed by atoms with Crippen LogP contribution in [-0.2, 0) is 10.3 Å². The number of phenolic OH excluding ortho intramolecular Hbond substituents is 1. The van der Waals surface area contributed by atoms with Crippen molar-refractivity contribution in [1.29, 1.82) is 0 Å². The van der Waals surface area contributed by atoms with Gasteiger partial charge < -0.3 is 9.84 Å². The lowest BCUT2D eigenvalue weighted by molar-refractivity contribution is 0.353. The Labute approximate surface area is 106 Å². The van der Waals surface area contributed by atoms with Gasteiger partial charge in [-0.1, -0.05) is 25.0 Å². The van der Waals surface area contributed by atoms with Crippen LogP contribution in [0, 0.1) is 6.92 Å². The smallest absolute Gasteiger partial charge is 0.235 e. The molecule has 0 bridgehead atoms. The van der Waals surface area contributed by atoms with Crippen molar-refractivity contribution in [3.63, 3.8) is 0 Å². The first kappa shape index (κ1) is 12.7. The zero-order chi connectivity index (χ0) is 13.2. The summed E-state index contributed by atoms with van der Waals surface area (Å²) in [5.74, 6) is 0.554. The van der Waals surface area contributed by atoms with Crippen LogP contribution < -0.4 is 4.74 Å². The van der Waals surface area contributed by atoms with Crippen molar-refractivity contribution >= 4 is 6.08 Å². The van der Waals surface area contributed by atoms with Crippen molar-refractivity contribution in [2.75, 3.05) is 7.11 Å². The molecule has 1 saturated carbocycles. The van der Waals surface area contributed by atoms with Crippen molar-refractivity contribution in [1.82, 2.24) is 0 Å². The molecule has 1 aliphatic rings. The molecular formula is C14H17NO3. The Morgan fingerprint density at radius 2 is 2.06 bits per heavy atom. The van der Waals surface area contributed by atoms with E-state index in [2.05, 4.69) is 4.99 Å². The Kier molecular flexibility index (Phi) is 3.39. The third-order valence-corrected chi connectivity index (χ3v) is 3.72. The van der Waals surface area contributed by atoms with Gasteiger partial charge in [-0.05, 0) is 25.3 Å². The number of methoxy groups -OCH3 is 1. The second-order valence-corrected chi connectivity index (χ2v) is 4.75. The van der Waals surface area contributed by atoms with Gasteiger partial charge in [-0.2, -0.15) is 4.99 Å². The summed E-state index contributed by atoms with van der Waals surface area (Å²) < 4.78 is 5.21. The molecule has 4 heteroatoms. The van der Waals surface area contributed by atoms with Crippen LogP contribution in [0.5, 0.6) is 11.5 Å². The highest BCUT2D eigenvalue weighted by molar-refractivity contribution is 5.54. The lowest BCUT2D eigenvalue weighted by atomic mass is 9.87. The average molecular weight is 247 g/mol. The number of aliphatic imine (C=N–C) groups is 1. The Bertz CT molecular complexity index is 498. The molecule has 0 unspecified atom stereocenters. The van der Waals surface area contributed by atoms with E-state index < -0.39 is 5.54 Å². The predicted molar refractivity (Wildman–Crippen MR) is 67.7 cm³/mol. The van der Waals surface area contributed by atoms with E-state index in [1.54, 1.807) is 6.08 Å². The lowest BCUT2D eigenvalue weighted by Gasteiger charge is -2.25. The first-order valence-corrected chi connectivity index (χ1v) is 6.11. The van der Waals surface area contributed by atoms with Gasteiger partial charge in [0, 0.05) is 5.56 Å². The van der Waals surface area contributed by atoms with E-state index >= 15 is 0 Å². The highest BCUT2D eigenvalue weighted by Gasteiger charge is 2.38. The molecule has 96 valence electrons. The number of hydrogen-bond donors (Lipinski definition) is 1. The summed E-state index contributed by atoms with van der Waals surface area (Å²) in [5, 5.41) is 10.3. The number of phenols is 1. The molecule has 0 radical (unpaired) electrons. The number of hydrogen-bond acceptors (Lipinski definition) is 4. The van der Waals surface area contributed by atoms with Crippen LogP contribution in [0.3, 0.4) is 0 Å². The predicted octanol–water partition coefficient (Wildman–Crippen LogP) is 2.81. The molecule has 1 aliphatic carbocycles. The second-order valence-electron chi connectivity index (χ2n) is 4.75. The summed E-state index contributed by atoms with van der Waals surface area (Å²) in [6.45, 7) is 1.87. The van der Waals surface area contributed by atoms with Gasteiger partial charge in [0.25, 0.3) is 0 Å². The third-order valence-electron chi connectivity index (χ3n) is 3.72. The number of aromatic hydroxyl groups is 1. The molecule has 1 aromatic rings. The molecule has 1 fully saturated rings. The van der Waals surface area contributed by atoms with Crippen molar-refractivity contribution in [3.05, 3.63) is 23.3 Å². The minimum absolute atomic E-state index is 0.0957. The zero-order valence-electron chi connectivity index (χ0n) is 10.7. The maximum absolute atomic E-state index is 10.7. The van der Waals surface area contributed by atoms with E-state index in [1.165, 1.54) is 7.11 Å². The Morgan fingerprint density at radius 1 is 1.39 bits per heavy atom. The van der Waals surface area contributed by atoms with Crippen LogP contribution >= 0.6 is 0 Å². The summed E-state index contributed by atoms with van der Waals surface area (Å²) in [6, 6.07) is 3.72. The molecule has 4 nitrogen and oxygen atoms in total. The van der Waals surface area contributed by atoms with E-state index in [1.807, 2.05) is 19.1 Å². The molecule has 0 atom stereocenters. The van der Waals surface area contributed by atoms with E-state index in [-0.39, 0.29) is 5.75 Å². The highest BCUT2D eigenvalue weighted by Crippen LogP contribution is 2.48. The molecule has 1 aromatic carbocycles. The number of carbonyl (C=O) groups excluding carboxylic acids is 1. The molecule has 0 amide bonds. The molecule has 0 aliphatic heterocycles. The van der Waals surface area contributed by atoms with Gasteiger partial charge in [-0.3, -0.25) is 0 Å². The van der Waals surface area contributed by atoms with Gasteiger partial charge in [-0.25, -0.2) is 4.79 Å². The van der Waals surface area contributed by atoms with Crippen molar-refractivity contribution in [2.45, 2.75) is 38.1 Å². The van der Waals surface area contributed by atoms with Gasteiger partial charge in [0.1, 0.15) is 5.54 Å². The summed E-state index contributed by atoms with van der Waals surface area (Å²) >= 11 is 0. The first-order chi connectivity index (χ1) is 8.64. The Morgan fingerprint density at radius 3 is 2.61 bits per heavy atom. The normalized spacial score (nSPS) is 17.2. The maximum Gasteiger partial charge on any atom is 0.235 e. The van der Waals surface area contributed by atoms with Crippen LogP contribution in [0.25, 0.3) is 0 Å². The average Bonchev–Trinajstić information content (AvgIpc) is 2.79. The molecule has 0 spiro atoms. The monoisotopic (exact) mass is 247 g/mol. The van der Waals surface area contributed by atoms with Gasteiger partial charge in [0.2, 0.25) is 6.08 Å². The SMILES string of the molecule is COc1c(C)ccc(C2(N=C=O)CCCC2)c1O.